The van der Waals surface area contributed by atoms with Gasteiger partial charge < -0.3 is 28.9 Å². The molecule has 2 aliphatic heterocycles. The van der Waals surface area contributed by atoms with Crippen LogP contribution in [0.4, 0.5) is 10.2 Å². The standard InChI is InChI=1S/C32H30FN5O5/c1-41-26-7-3-4-23(18-26)27-9-11-30(35-34-27)36-12-14-37(15-13-36)31(39)20-38(32(40)24-5-2-6-25(33)17-24)19-22-8-10-28-29(16-22)43-21-42-28/h2-11,16-18H,12-15,19-21H2,1H3. The molecule has 6 rings (SSSR count). The number of fused-ring (bicyclic) bond motifs is 1. The molecule has 4 aromatic rings. The van der Waals surface area contributed by atoms with E-state index in [2.05, 4.69) is 15.1 Å². The molecule has 1 saturated heterocycles. The Balaban J connectivity index is 1.11. The van der Waals surface area contributed by atoms with Crippen molar-refractivity contribution in [1.29, 1.82) is 0 Å². The van der Waals surface area contributed by atoms with Crippen LogP contribution in [-0.4, -0.2) is 78.4 Å². The van der Waals surface area contributed by atoms with Crippen LogP contribution in [0, 0.1) is 5.82 Å². The van der Waals surface area contributed by atoms with E-state index < -0.39 is 11.7 Å². The minimum atomic E-state index is -0.518. The Hall–Kier alpha value is -5.19. The molecular weight excluding hydrogens is 553 g/mol. The lowest BCUT2D eigenvalue weighted by Crippen LogP contribution is -2.52. The molecule has 11 heteroatoms. The van der Waals surface area contributed by atoms with Gasteiger partial charge in [-0.15, -0.1) is 10.2 Å². The minimum Gasteiger partial charge on any atom is -0.497 e. The number of halogens is 1. The van der Waals surface area contributed by atoms with E-state index in [1.807, 2.05) is 42.5 Å². The predicted octanol–water partition coefficient (Wildman–Crippen LogP) is 4.01. The van der Waals surface area contributed by atoms with Crippen molar-refractivity contribution in [2.24, 2.45) is 0 Å². The molecule has 0 radical (unpaired) electrons. The van der Waals surface area contributed by atoms with Gasteiger partial charge in [-0.3, -0.25) is 9.59 Å². The normalized spacial score (nSPS) is 14.0. The van der Waals surface area contributed by atoms with E-state index in [9.17, 15) is 14.0 Å². The Morgan fingerprint density at radius 2 is 1.72 bits per heavy atom. The van der Waals surface area contributed by atoms with Crippen LogP contribution in [0.25, 0.3) is 11.3 Å². The zero-order chi connectivity index (χ0) is 29.8. The van der Waals surface area contributed by atoms with E-state index in [-0.39, 0.29) is 31.4 Å². The lowest BCUT2D eigenvalue weighted by molar-refractivity contribution is -0.132. The highest BCUT2D eigenvalue weighted by Gasteiger charge is 2.27. The number of amides is 2. The first-order valence-corrected chi connectivity index (χ1v) is 13.9. The van der Waals surface area contributed by atoms with Gasteiger partial charge in [0.25, 0.3) is 5.91 Å². The van der Waals surface area contributed by atoms with Crippen LogP contribution in [-0.2, 0) is 11.3 Å². The van der Waals surface area contributed by atoms with Gasteiger partial charge in [0.1, 0.15) is 18.1 Å². The number of nitrogens with zero attached hydrogens (tertiary/aromatic N) is 5. The largest absolute Gasteiger partial charge is 0.497 e. The summed E-state index contributed by atoms with van der Waals surface area (Å²) in [5.41, 5.74) is 2.59. The SMILES string of the molecule is COc1cccc(-c2ccc(N3CCN(C(=O)CN(Cc4ccc5c(c4)OCO5)C(=O)c4cccc(F)c4)CC3)nn2)c1. The van der Waals surface area contributed by atoms with Gasteiger partial charge >= 0.3 is 0 Å². The Morgan fingerprint density at radius 3 is 2.49 bits per heavy atom. The third kappa shape index (κ3) is 6.35. The zero-order valence-electron chi connectivity index (χ0n) is 23.6. The van der Waals surface area contributed by atoms with Crippen molar-refractivity contribution in [1.82, 2.24) is 20.0 Å². The zero-order valence-corrected chi connectivity index (χ0v) is 23.6. The molecular formula is C32H30FN5O5. The van der Waals surface area contributed by atoms with Crippen LogP contribution < -0.4 is 19.1 Å². The first kappa shape index (κ1) is 28.0. The second-order valence-electron chi connectivity index (χ2n) is 10.2. The fraction of sp³-hybridized carbons (Fsp3) is 0.250. The third-order valence-corrected chi connectivity index (χ3v) is 7.47. The fourth-order valence-corrected chi connectivity index (χ4v) is 5.14. The van der Waals surface area contributed by atoms with Gasteiger partial charge in [-0.2, -0.15) is 0 Å². The van der Waals surface area contributed by atoms with Crippen LogP contribution in [0.15, 0.2) is 78.9 Å². The average molecular weight is 584 g/mol. The summed E-state index contributed by atoms with van der Waals surface area (Å²) in [7, 11) is 1.62. The highest BCUT2D eigenvalue weighted by atomic mass is 19.1. The summed E-state index contributed by atoms with van der Waals surface area (Å²) in [5.74, 6) is 1.54. The Kier molecular flexibility index (Phi) is 8.03. The number of ether oxygens (including phenoxy) is 3. The molecule has 0 saturated carbocycles. The van der Waals surface area contributed by atoms with Crippen LogP contribution >= 0.6 is 0 Å². The molecule has 1 fully saturated rings. The van der Waals surface area contributed by atoms with Gasteiger partial charge in [-0.1, -0.05) is 24.3 Å². The number of benzene rings is 3. The molecule has 1 aromatic heterocycles. The smallest absolute Gasteiger partial charge is 0.254 e. The number of piperazine rings is 1. The molecule has 2 aliphatic rings. The maximum atomic E-state index is 13.9. The summed E-state index contributed by atoms with van der Waals surface area (Å²) in [6, 6.07) is 22.3. The molecule has 0 atom stereocenters. The van der Waals surface area contributed by atoms with Crippen molar-refractivity contribution in [3.05, 3.63) is 95.8 Å². The Morgan fingerprint density at radius 1 is 0.907 bits per heavy atom. The molecule has 3 aromatic carbocycles. The number of hydrogen-bond donors (Lipinski definition) is 0. The number of methoxy groups -OCH3 is 1. The monoisotopic (exact) mass is 583 g/mol. The van der Waals surface area contributed by atoms with E-state index >= 15 is 0 Å². The molecule has 10 nitrogen and oxygen atoms in total. The molecule has 0 bridgehead atoms. The number of hydrogen-bond acceptors (Lipinski definition) is 8. The van der Waals surface area contributed by atoms with Gasteiger partial charge in [0, 0.05) is 43.9 Å². The van der Waals surface area contributed by atoms with Crippen molar-refractivity contribution in [3.63, 3.8) is 0 Å². The summed E-state index contributed by atoms with van der Waals surface area (Å²) in [6.45, 7) is 2.19. The van der Waals surface area contributed by atoms with E-state index in [1.165, 1.54) is 23.1 Å². The highest BCUT2D eigenvalue weighted by Crippen LogP contribution is 2.33. The molecule has 0 unspecified atom stereocenters. The van der Waals surface area contributed by atoms with Crippen molar-refractivity contribution in [2.45, 2.75) is 6.54 Å². The van der Waals surface area contributed by atoms with Gasteiger partial charge in [0.05, 0.1) is 12.8 Å². The summed E-state index contributed by atoms with van der Waals surface area (Å²) >= 11 is 0. The number of rotatable bonds is 8. The molecule has 0 aliphatic carbocycles. The van der Waals surface area contributed by atoms with E-state index in [0.717, 1.165) is 28.4 Å². The second-order valence-corrected chi connectivity index (χ2v) is 10.2. The van der Waals surface area contributed by atoms with Gasteiger partial charge in [-0.05, 0) is 60.2 Å². The fourth-order valence-electron chi connectivity index (χ4n) is 5.14. The summed E-state index contributed by atoms with van der Waals surface area (Å²) < 4.78 is 30.1. The summed E-state index contributed by atoms with van der Waals surface area (Å²) in [5, 5.41) is 8.81. The number of anilines is 1. The predicted molar refractivity (Wildman–Crippen MR) is 157 cm³/mol. The lowest BCUT2D eigenvalue weighted by atomic mass is 10.1. The molecule has 0 N–H and O–H groups in total. The lowest BCUT2D eigenvalue weighted by Gasteiger charge is -2.36. The third-order valence-electron chi connectivity index (χ3n) is 7.47. The number of aromatic nitrogens is 2. The van der Waals surface area contributed by atoms with Crippen LogP contribution in [0.2, 0.25) is 0 Å². The quantitative estimate of drug-likeness (QED) is 0.307. The Labute approximate surface area is 248 Å². The highest BCUT2D eigenvalue weighted by molar-refractivity contribution is 5.96. The van der Waals surface area contributed by atoms with Crippen molar-refractivity contribution < 1.29 is 28.2 Å². The van der Waals surface area contributed by atoms with Crippen LogP contribution in [0.1, 0.15) is 15.9 Å². The maximum Gasteiger partial charge on any atom is 0.254 e. The number of carbonyl (C=O) groups is 2. The summed E-state index contributed by atoms with van der Waals surface area (Å²) in [6.07, 6.45) is 0. The molecule has 3 heterocycles. The molecule has 220 valence electrons. The van der Waals surface area contributed by atoms with Crippen LogP contribution in [0.3, 0.4) is 0 Å². The first-order chi connectivity index (χ1) is 21.0. The van der Waals surface area contributed by atoms with Gasteiger partial charge in [0.2, 0.25) is 12.7 Å². The molecule has 0 spiro atoms. The topological polar surface area (TPSA) is 97.3 Å². The maximum absolute atomic E-state index is 13.9. The summed E-state index contributed by atoms with van der Waals surface area (Å²) in [4.78, 5) is 32.1. The molecule has 2 amide bonds. The van der Waals surface area contributed by atoms with E-state index in [1.54, 1.807) is 30.2 Å². The van der Waals surface area contributed by atoms with Crippen LogP contribution in [0.5, 0.6) is 17.2 Å². The number of carbonyl (C=O) groups excluding carboxylic acids is 2. The van der Waals surface area contributed by atoms with E-state index in [4.69, 9.17) is 14.2 Å². The van der Waals surface area contributed by atoms with Crippen molar-refractivity contribution in [2.75, 3.05) is 51.5 Å². The average Bonchev–Trinajstić information content (AvgIpc) is 3.52. The van der Waals surface area contributed by atoms with Gasteiger partial charge in [-0.25, -0.2) is 4.39 Å². The Bertz CT molecular complexity index is 1620. The second kappa shape index (κ2) is 12.4. The van der Waals surface area contributed by atoms with Crippen molar-refractivity contribution in [3.8, 4) is 28.5 Å². The first-order valence-electron chi connectivity index (χ1n) is 13.9. The van der Waals surface area contributed by atoms with Gasteiger partial charge in [0.15, 0.2) is 17.3 Å². The van der Waals surface area contributed by atoms with Crippen molar-refractivity contribution >= 4 is 17.6 Å². The minimum absolute atomic E-state index is 0.132. The molecule has 43 heavy (non-hydrogen) atoms. The van der Waals surface area contributed by atoms with E-state index in [0.29, 0.717) is 37.7 Å².